The zero-order valence-corrected chi connectivity index (χ0v) is 8.69. The van der Waals surface area contributed by atoms with Crippen molar-refractivity contribution < 1.29 is 4.42 Å². The molecule has 0 atom stereocenters. The number of aryl methyl sites for hydroxylation is 1. The Morgan fingerprint density at radius 2 is 2.20 bits per heavy atom. The molecule has 0 aliphatic heterocycles. The molecule has 0 amide bonds. The topological polar surface area (TPSA) is 63.8 Å². The molecule has 2 heterocycles. The third-order valence-electron chi connectivity index (χ3n) is 1.90. The molecule has 0 saturated carbocycles. The molecule has 0 bridgehead atoms. The van der Waals surface area contributed by atoms with Gasteiger partial charge in [-0.2, -0.15) is 0 Å². The van der Waals surface area contributed by atoms with Gasteiger partial charge in [-0.3, -0.25) is 0 Å². The Hall–Kier alpha value is -1.75. The zero-order valence-electron chi connectivity index (χ0n) is 8.69. The van der Waals surface area contributed by atoms with Gasteiger partial charge in [0.05, 0.1) is 6.54 Å². The first-order valence-electron chi connectivity index (χ1n) is 4.70. The molecule has 2 aromatic rings. The normalized spacial score (nSPS) is 10.5. The van der Waals surface area contributed by atoms with Gasteiger partial charge in [0.25, 0.3) is 5.89 Å². The van der Waals surface area contributed by atoms with Crippen LogP contribution in [-0.4, -0.2) is 22.2 Å². The molecule has 0 spiro atoms. The molecule has 0 aliphatic carbocycles. The van der Waals surface area contributed by atoms with Gasteiger partial charge in [-0.25, -0.2) is 4.98 Å². The van der Waals surface area contributed by atoms with E-state index < -0.39 is 0 Å². The summed E-state index contributed by atoms with van der Waals surface area (Å²) in [6, 6.07) is 5.69. The predicted molar refractivity (Wildman–Crippen MR) is 55.0 cm³/mol. The lowest BCUT2D eigenvalue weighted by atomic mass is 10.3. The average Bonchev–Trinajstić information content (AvgIpc) is 2.67. The SMILES string of the molecule is CNCc1nnc(-c2cccc(C)n2)o1. The van der Waals surface area contributed by atoms with Gasteiger partial charge < -0.3 is 9.73 Å². The minimum absolute atomic E-state index is 0.462. The summed E-state index contributed by atoms with van der Waals surface area (Å²) in [5.74, 6) is 1.03. The largest absolute Gasteiger partial charge is 0.418 e. The van der Waals surface area contributed by atoms with Crippen molar-refractivity contribution in [3.63, 3.8) is 0 Å². The molecule has 0 aromatic carbocycles. The molecule has 0 radical (unpaired) electrons. The van der Waals surface area contributed by atoms with Gasteiger partial charge >= 0.3 is 0 Å². The fraction of sp³-hybridized carbons (Fsp3) is 0.300. The fourth-order valence-electron chi connectivity index (χ4n) is 1.24. The lowest BCUT2D eigenvalue weighted by Gasteiger charge is -1.95. The van der Waals surface area contributed by atoms with Crippen LogP contribution in [0.2, 0.25) is 0 Å². The molecule has 5 heteroatoms. The van der Waals surface area contributed by atoms with E-state index in [0.29, 0.717) is 24.0 Å². The van der Waals surface area contributed by atoms with Gasteiger partial charge in [-0.1, -0.05) is 6.07 Å². The number of nitrogens with one attached hydrogen (secondary N) is 1. The second-order valence-corrected chi connectivity index (χ2v) is 3.20. The molecule has 0 fully saturated rings. The summed E-state index contributed by atoms with van der Waals surface area (Å²) in [6.07, 6.45) is 0. The molecule has 5 nitrogen and oxygen atoms in total. The van der Waals surface area contributed by atoms with Gasteiger partial charge in [0.1, 0.15) is 5.69 Å². The third-order valence-corrected chi connectivity index (χ3v) is 1.90. The van der Waals surface area contributed by atoms with Crippen molar-refractivity contribution >= 4 is 0 Å². The van der Waals surface area contributed by atoms with Crippen LogP contribution in [0.4, 0.5) is 0 Å². The van der Waals surface area contributed by atoms with Crippen LogP contribution in [0, 0.1) is 6.92 Å². The average molecular weight is 204 g/mol. The number of nitrogens with zero attached hydrogens (tertiary/aromatic N) is 3. The van der Waals surface area contributed by atoms with Crippen molar-refractivity contribution in [2.45, 2.75) is 13.5 Å². The van der Waals surface area contributed by atoms with Crippen LogP contribution in [0.25, 0.3) is 11.6 Å². The molecule has 0 saturated heterocycles. The molecule has 0 unspecified atom stereocenters. The van der Waals surface area contributed by atoms with Crippen LogP contribution in [0.1, 0.15) is 11.6 Å². The summed E-state index contributed by atoms with van der Waals surface area (Å²) in [4.78, 5) is 4.30. The standard InChI is InChI=1S/C10H12N4O/c1-7-4-3-5-8(12-7)10-14-13-9(15-10)6-11-2/h3-5,11H,6H2,1-2H3. The summed E-state index contributed by atoms with van der Waals surface area (Å²) in [5.41, 5.74) is 1.64. The summed E-state index contributed by atoms with van der Waals surface area (Å²) >= 11 is 0. The molecule has 0 aliphatic rings. The molecular formula is C10H12N4O. The van der Waals surface area contributed by atoms with Gasteiger partial charge in [0.15, 0.2) is 0 Å². The molecular weight excluding hydrogens is 192 g/mol. The summed E-state index contributed by atoms with van der Waals surface area (Å²) in [7, 11) is 1.83. The molecule has 15 heavy (non-hydrogen) atoms. The van der Waals surface area contributed by atoms with E-state index in [2.05, 4.69) is 20.5 Å². The van der Waals surface area contributed by atoms with Crippen molar-refractivity contribution in [2.75, 3.05) is 7.05 Å². The van der Waals surface area contributed by atoms with Crippen LogP contribution in [0.15, 0.2) is 22.6 Å². The van der Waals surface area contributed by atoms with Crippen LogP contribution >= 0.6 is 0 Å². The Bertz CT molecular complexity index is 452. The zero-order chi connectivity index (χ0) is 10.7. The number of hydrogen-bond acceptors (Lipinski definition) is 5. The van der Waals surface area contributed by atoms with Crippen molar-refractivity contribution in [1.29, 1.82) is 0 Å². The highest BCUT2D eigenvalue weighted by Crippen LogP contribution is 2.15. The maximum absolute atomic E-state index is 5.42. The Morgan fingerprint density at radius 3 is 2.93 bits per heavy atom. The van der Waals surface area contributed by atoms with E-state index in [1.807, 2.05) is 32.2 Å². The lowest BCUT2D eigenvalue weighted by Crippen LogP contribution is -2.04. The van der Waals surface area contributed by atoms with Gasteiger partial charge in [0.2, 0.25) is 5.89 Å². The highest BCUT2D eigenvalue weighted by atomic mass is 16.4. The first-order valence-corrected chi connectivity index (χ1v) is 4.70. The van der Waals surface area contributed by atoms with Crippen molar-refractivity contribution in [2.24, 2.45) is 0 Å². The van der Waals surface area contributed by atoms with Crippen LogP contribution in [0.3, 0.4) is 0 Å². The molecule has 1 N–H and O–H groups in total. The fourth-order valence-corrected chi connectivity index (χ4v) is 1.24. The van der Waals surface area contributed by atoms with E-state index in [9.17, 15) is 0 Å². The van der Waals surface area contributed by atoms with E-state index in [4.69, 9.17) is 4.42 Å². The first kappa shape index (κ1) is 9.79. The minimum atomic E-state index is 0.462. The van der Waals surface area contributed by atoms with E-state index in [0.717, 1.165) is 5.69 Å². The van der Waals surface area contributed by atoms with Crippen LogP contribution in [0.5, 0.6) is 0 Å². The Morgan fingerprint density at radius 1 is 1.33 bits per heavy atom. The van der Waals surface area contributed by atoms with Crippen molar-refractivity contribution in [1.82, 2.24) is 20.5 Å². The molecule has 78 valence electrons. The molecule has 2 aromatic heterocycles. The van der Waals surface area contributed by atoms with Gasteiger partial charge in [-0.05, 0) is 26.1 Å². The Balaban J connectivity index is 2.29. The Labute approximate surface area is 87.6 Å². The van der Waals surface area contributed by atoms with Gasteiger partial charge in [-0.15, -0.1) is 10.2 Å². The smallest absolute Gasteiger partial charge is 0.266 e. The highest BCUT2D eigenvalue weighted by Gasteiger charge is 2.08. The lowest BCUT2D eigenvalue weighted by molar-refractivity contribution is 0.489. The Kier molecular flexibility index (Phi) is 2.73. The maximum Gasteiger partial charge on any atom is 0.266 e. The predicted octanol–water partition coefficient (Wildman–Crippen LogP) is 1.16. The molecule has 2 rings (SSSR count). The third kappa shape index (κ3) is 2.19. The number of pyridine rings is 1. The van der Waals surface area contributed by atoms with E-state index >= 15 is 0 Å². The van der Waals surface area contributed by atoms with Crippen molar-refractivity contribution in [3.8, 4) is 11.6 Å². The summed E-state index contributed by atoms with van der Waals surface area (Å²) < 4.78 is 5.42. The van der Waals surface area contributed by atoms with E-state index in [-0.39, 0.29) is 0 Å². The van der Waals surface area contributed by atoms with Gasteiger partial charge in [0, 0.05) is 5.69 Å². The van der Waals surface area contributed by atoms with E-state index in [1.165, 1.54) is 0 Å². The first-order chi connectivity index (χ1) is 7.29. The number of hydrogen-bond donors (Lipinski definition) is 1. The maximum atomic E-state index is 5.42. The summed E-state index contributed by atoms with van der Waals surface area (Å²) in [6.45, 7) is 2.49. The number of rotatable bonds is 3. The second kappa shape index (κ2) is 4.18. The quantitative estimate of drug-likeness (QED) is 0.812. The monoisotopic (exact) mass is 204 g/mol. The second-order valence-electron chi connectivity index (χ2n) is 3.20. The minimum Gasteiger partial charge on any atom is -0.418 e. The highest BCUT2D eigenvalue weighted by molar-refractivity contribution is 5.45. The van der Waals surface area contributed by atoms with Crippen molar-refractivity contribution in [3.05, 3.63) is 29.8 Å². The summed E-state index contributed by atoms with van der Waals surface area (Å²) in [5, 5.41) is 10.8. The number of aromatic nitrogens is 3. The van der Waals surface area contributed by atoms with Crippen LogP contribution in [-0.2, 0) is 6.54 Å². The van der Waals surface area contributed by atoms with Crippen LogP contribution < -0.4 is 5.32 Å². The van der Waals surface area contributed by atoms with E-state index in [1.54, 1.807) is 0 Å².